The zero-order valence-corrected chi connectivity index (χ0v) is 19.5. The van der Waals surface area contributed by atoms with Crippen molar-refractivity contribution in [2.24, 2.45) is 0 Å². The lowest BCUT2D eigenvalue weighted by Crippen LogP contribution is -2.21. The number of benzene rings is 3. The van der Waals surface area contributed by atoms with E-state index in [-0.39, 0.29) is 18.6 Å². The molecule has 9 heteroatoms. The number of amides is 1. The molecule has 3 aromatic carbocycles. The van der Waals surface area contributed by atoms with Crippen molar-refractivity contribution in [1.29, 1.82) is 0 Å². The van der Waals surface area contributed by atoms with Crippen LogP contribution in [-0.4, -0.2) is 44.6 Å². The number of para-hydroxylation sites is 1. The first-order valence-corrected chi connectivity index (χ1v) is 11.4. The van der Waals surface area contributed by atoms with Gasteiger partial charge in [-0.3, -0.25) is 14.4 Å². The second kappa shape index (κ2) is 9.99. The minimum atomic E-state index is -0.657. The molecule has 184 valence electrons. The van der Waals surface area contributed by atoms with Gasteiger partial charge in [0.15, 0.2) is 23.9 Å². The second-order valence-electron chi connectivity index (χ2n) is 8.14. The van der Waals surface area contributed by atoms with E-state index in [1.165, 1.54) is 7.11 Å². The standard InChI is InChI=1S/C27H23NO8/c1-32-24-13-18-17-4-2-3-5-21(17)36-23(18)14-19(24)28-26(30)15-35-27(31)9-7-20(29)16-6-8-22-25(12-16)34-11-10-33-22/h2-6,8,12-14H,7,9-11,15H2,1H3,(H,28,30). The Morgan fingerprint density at radius 3 is 2.53 bits per heavy atom. The smallest absolute Gasteiger partial charge is 0.306 e. The lowest BCUT2D eigenvalue weighted by atomic mass is 10.1. The topological polar surface area (TPSA) is 113 Å². The molecule has 1 aliphatic heterocycles. The highest BCUT2D eigenvalue weighted by atomic mass is 16.6. The van der Waals surface area contributed by atoms with Crippen LogP contribution < -0.4 is 19.5 Å². The number of hydrogen-bond acceptors (Lipinski definition) is 8. The van der Waals surface area contributed by atoms with Crippen LogP contribution in [0.1, 0.15) is 23.2 Å². The number of esters is 1. The van der Waals surface area contributed by atoms with Gasteiger partial charge in [0.1, 0.15) is 30.1 Å². The van der Waals surface area contributed by atoms with Crippen molar-refractivity contribution in [3.05, 3.63) is 60.2 Å². The van der Waals surface area contributed by atoms with Crippen LogP contribution in [0.2, 0.25) is 0 Å². The molecule has 0 fully saturated rings. The summed E-state index contributed by atoms with van der Waals surface area (Å²) in [4.78, 5) is 37.0. The first kappa shape index (κ1) is 23.2. The summed E-state index contributed by atoms with van der Waals surface area (Å²) in [6.07, 6.45) is -0.217. The van der Waals surface area contributed by atoms with Crippen molar-refractivity contribution >= 4 is 45.3 Å². The maximum Gasteiger partial charge on any atom is 0.306 e. The van der Waals surface area contributed by atoms with Gasteiger partial charge in [-0.1, -0.05) is 18.2 Å². The minimum absolute atomic E-state index is 0.0589. The number of Topliss-reactive ketones (excluding diaryl/α,β-unsaturated/α-hetero) is 1. The van der Waals surface area contributed by atoms with E-state index in [0.29, 0.717) is 47.3 Å². The van der Waals surface area contributed by atoms with Crippen LogP contribution in [0.4, 0.5) is 5.69 Å². The SMILES string of the molecule is COc1cc2c(cc1NC(=O)COC(=O)CCC(=O)c1ccc3c(c1)OCCO3)oc1ccccc12. The Bertz CT molecular complexity index is 1470. The molecule has 0 aliphatic carbocycles. The molecule has 36 heavy (non-hydrogen) atoms. The summed E-state index contributed by atoms with van der Waals surface area (Å²) in [5, 5.41) is 4.47. The minimum Gasteiger partial charge on any atom is -0.495 e. The number of ether oxygens (including phenoxy) is 4. The number of ketones is 1. The van der Waals surface area contributed by atoms with E-state index in [2.05, 4.69) is 5.32 Å². The third kappa shape index (κ3) is 4.81. The first-order chi connectivity index (χ1) is 17.5. The number of fused-ring (bicyclic) bond motifs is 4. The fraction of sp³-hybridized carbons (Fsp3) is 0.222. The van der Waals surface area contributed by atoms with Gasteiger partial charge in [-0.15, -0.1) is 0 Å². The Morgan fingerprint density at radius 2 is 1.69 bits per heavy atom. The molecule has 0 unspecified atom stereocenters. The molecule has 9 nitrogen and oxygen atoms in total. The highest BCUT2D eigenvalue weighted by molar-refractivity contribution is 6.08. The highest BCUT2D eigenvalue weighted by Gasteiger charge is 2.18. The molecule has 1 aromatic heterocycles. The Labute approximate surface area is 205 Å². The molecule has 1 amide bonds. The molecule has 1 N–H and O–H groups in total. The number of furan rings is 1. The van der Waals surface area contributed by atoms with E-state index in [0.717, 1.165) is 16.4 Å². The number of methoxy groups -OCH3 is 1. The fourth-order valence-corrected chi connectivity index (χ4v) is 4.00. The molecule has 0 saturated heterocycles. The molecular formula is C27H23NO8. The fourth-order valence-electron chi connectivity index (χ4n) is 4.00. The van der Waals surface area contributed by atoms with Gasteiger partial charge < -0.3 is 28.7 Å². The van der Waals surface area contributed by atoms with Crippen LogP contribution in [0.3, 0.4) is 0 Å². The van der Waals surface area contributed by atoms with Gasteiger partial charge in [0.2, 0.25) is 0 Å². The van der Waals surface area contributed by atoms with Crippen molar-refractivity contribution < 1.29 is 37.7 Å². The predicted molar refractivity (Wildman–Crippen MR) is 131 cm³/mol. The molecule has 0 atom stereocenters. The van der Waals surface area contributed by atoms with Crippen LogP contribution >= 0.6 is 0 Å². The molecular weight excluding hydrogens is 466 g/mol. The lowest BCUT2D eigenvalue weighted by Gasteiger charge is -2.18. The number of rotatable bonds is 8. The number of anilines is 1. The summed E-state index contributed by atoms with van der Waals surface area (Å²) in [5.41, 5.74) is 2.11. The molecule has 2 heterocycles. The summed E-state index contributed by atoms with van der Waals surface area (Å²) < 4.78 is 27.2. The van der Waals surface area contributed by atoms with Crippen molar-refractivity contribution in [2.75, 3.05) is 32.2 Å². The summed E-state index contributed by atoms with van der Waals surface area (Å²) in [5.74, 6) is 0.0870. The Balaban J connectivity index is 1.15. The zero-order chi connectivity index (χ0) is 25.1. The van der Waals surface area contributed by atoms with Crippen LogP contribution in [0.5, 0.6) is 17.2 Å². The Kier molecular flexibility index (Phi) is 6.44. The Hall–Kier alpha value is -4.53. The molecule has 5 rings (SSSR count). The highest BCUT2D eigenvalue weighted by Crippen LogP contribution is 2.36. The molecule has 0 bridgehead atoms. The van der Waals surface area contributed by atoms with E-state index >= 15 is 0 Å². The van der Waals surface area contributed by atoms with Gasteiger partial charge in [0.25, 0.3) is 5.91 Å². The van der Waals surface area contributed by atoms with Crippen molar-refractivity contribution in [1.82, 2.24) is 0 Å². The van der Waals surface area contributed by atoms with Crippen molar-refractivity contribution in [2.45, 2.75) is 12.8 Å². The average molecular weight is 489 g/mol. The van der Waals surface area contributed by atoms with Crippen LogP contribution in [-0.2, 0) is 14.3 Å². The number of carbonyl (C=O) groups excluding carboxylic acids is 3. The molecule has 4 aromatic rings. The number of carbonyl (C=O) groups is 3. The van der Waals surface area contributed by atoms with E-state index in [4.69, 9.17) is 23.4 Å². The maximum absolute atomic E-state index is 12.5. The Morgan fingerprint density at radius 1 is 0.889 bits per heavy atom. The number of nitrogens with one attached hydrogen (secondary N) is 1. The van der Waals surface area contributed by atoms with Crippen LogP contribution in [0, 0.1) is 0 Å². The number of hydrogen-bond donors (Lipinski definition) is 1. The second-order valence-corrected chi connectivity index (χ2v) is 8.14. The summed E-state index contributed by atoms with van der Waals surface area (Å²) in [6.45, 7) is 0.371. The third-order valence-corrected chi connectivity index (χ3v) is 5.76. The molecule has 0 saturated carbocycles. The van der Waals surface area contributed by atoms with Gasteiger partial charge in [0.05, 0.1) is 19.2 Å². The maximum atomic E-state index is 12.5. The third-order valence-electron chi connectivity index (χ3n) is 5.76. The van der Waals surface area contributed by atoms with Gasteiger partial charge in [-0.05, 0) is 30.3 Å². The molecule has 0 radical (unpaired) electrons. The van der Waals surface area contributed by atoms with Gasteiger partial charge in [0, 0.05) is 28.8 Å². The quantitative estimate of drug-likeness (QED) is 0.284. The monoisotopic (exact) mass is 489 g/mol. The largest absolute Gasteiger partial charge is 0.495 e. The summed E-state index contributed by atoms with van der Waals surface area (Å²) in [6, 6.07) is 15.9. The molecule has 0 spiro atoms. The predicted octanol–water partition coefficient (Wildman–Crippen LogP) is 4.51. The summed E-state index contributed by atoms with van der Waals surface area (Å²) >= 11 is 0. The zero-order valence-electron chi connectivity index (χ0n) is 19.5. The normalized spacial score (nSPS) is 12.4. The van der Waals surface area contributed by atoms with Crippen molar-refractivity contribution in [3.8, 4) is 17.2 Å². The van der Waals surface area contributed by atoms with E-state index in [1.807, 2.05) is 24.3 Å². The summed E-state index contributed by atoms with van der Waals surface area (Å²) in [7, 11) is 1.50. The first-order valence-electron chi connectivity index (χ1n) is 11.4. The van der Waals surface area contributed by atoms with Gasteiger partial charge in [-0.2, -0.15) is 0 Å². The van der Waals surface area contributed by atoms with Crippen LogP contribution in [0.15, 0.2) is 59.0 Å². The van der Waals surface area contributed by atoms with Crippen molar-refractivity contribution in [3.63, 3.8) is 0 Å². The van der Waals surface area contributed by atoms with Crippen LogP contribution in [0.25, 0.3) is 21.9 Å². The lowest BCUT2D eigenvalue weighted by molar-refractivity contribution is -0.147. The van der Waals surface area contributed by atoms with E-state index in [1.54, 1.807) is 30.3 Å². The van der Waals surface area contributed by atoms with Gasteiger partial charge in [-0.25, -0.2) is 0 Å². The van der Waals surface area contributed by atoms with Gasteiger partial charge >= 0.3 is 5.97 Å². The van der Waals surface area contributed by atoms with E-state index in [9.17, 15) is 14.4 Å². The average Bonchev–Trinajstić information content (AvgIpc) is 3.27. The van der Waals surface area contributed by atoms with E-state index < -0.39 is 18.5 Å². The molecule has 1 aliphatic rings.